The van der Waals surface area contributed by atoms with Crippen molar-refractivity contribution in [3.63, 3.8) is 0 Å². The Hall–Kier alpha value is -2.94. The third kappa shape index (κ3) is 4.16. The zero-order chi connectivity index (χ0) is 20.5. The third-order valence-electron chi connectivity index (χ3n) is 4.13. The number of para-hydroxylation sites is 2. The van der Waals surface area contributed by atoms with E-state index in [1.165, 1.54) is 23.5 Å². The van der Waals surface area contributed by atoms with Gasteiger partial charge in [-0.15, -0.1) is 0 Å². The number of carbonyl (C=O) groups excluding carboxylic acids is 1. The third-order valence-corrected chi connectivity index (χ3v) is 6.08. The molecular weight excluding hydrogens is 440 g/mol. The summed E-state index contributed by atoms with van der Waals surface area (Å²) in [7, 11) is 0. The molecule has 0 aliphatic carbocycles. The number of hydrogen-bond donors (Lipinski definition) is 2. The number of amidine groups is 1. The molecule has 148 valence electrons. The van der Waals surface area contributed by atoms with E-state index in [-0.39, 0.29) is 5.91 Å². The van der Waals surface area contributed by atoms with Crippen molar-refractivity contribution in [2.45, 2.75) is 10.2 Å². The normalized spacial score (nSPS) is 16.6. The van der Waals surface area contributed by atoms with Gasteiger partial charge in [0.05, 0.1) is 21.6 Å². The molecular formula is C21H13ClN4O2S2. The zero-order valence-corrected chi connectivity index (χ0v) is 17.6. The van der Waals surface area contributed by atoms with Crippen molar-refractivity contribution in [2.24, 2.45) is 4.99 Å². The minimum Gasteiger partial charge on any atom is -0.450 e. The first-order chi connectivity index (χ1) is 14.6. The van der Waals surface area contributed by atoms with Crippen LogP contribution < -0.4 is 5.32 Å². The molecule has 3 heterocycles. The van der Waals surface area contributed by atoms with Gasteiger partial charge in [-0.3, -0.25) is 4.79 Å². The number of thioether (sulfide) groups is 1. The number of fused-ring (bicyclic) bond motifs is 1. The van der Waals surface area contributed by atoms with Crippen LogP contribution in [0.3, 0.4) is 0 Å². The summed E-state index contributed by atoms with van der Waals surface area (Å²) in [6, 6.07) is 18.6. The lowest BCUT2D eigenvalue weighted by atomic mass is 10.3. The molecule has 0 bridgehead atoms. The average molecular weight is 453 g/mol. The number of H-pyrrole nitrogens is 1. The fourth-order valence-corrected chi connectivity index (χ4v) is 4.59. The van der Waals surface area contributed by atoms with E-state index in [1.807, 2.05) is 48.5 Å². The number of amides is 1. The Kier molecular flexibility index (Phi) is 5.12. The van der Waals surface area contributed by atoms with Gasteiger partial charge in [0, 0.05) is 11.1 Å². The Balaban J connectivity index is 1.31. The topological polar surface area (TPSA) is 83.3 Å². The largest absolute Gasteiger partial charge is 0.450 e. The van der Waals surface area contributed by atoms with Crippen LogP contribution in [0, 0.1) is 0 Å². The second-order valence-electron chi connectivity index (χ2n) is 6.28. The number of aromatic amines is 1. The molecule has 1 fully saturated rings. The van der Waals surface area contributed by atoms with Gasteiger partial charge < -0.3 is 14.7 Å². The monoisotopic (exact) mass is 452 g/mol. The first-order valence-corrected chi connectivity index (χ1v) is 10.9. The maximum absolute atomic E-state index is 12.3. The van der Waals surface area contributed by atoms with Crippen LogP contribution in [-0.2, 0) is 4.79 Å². The second kappa shape index (κ2) is 8.06. The summed E-state index contributed by atoms with van der Waals surface area (Å²) < 4.78 is 5.84. The summed E-state index contributed by atoms with van der Waals surface area (Å²) >= 11 is 8.63. The molecule has 0 spiro atoms. The van der Waals surface area contributed by atoms with E-state index in [0.29, 0.717) is 31.6 Å². The average Bonchev–Trinajstić information content (AvgIpc) is 3.41. The minimum absolute atomic E-state index is 0.219. The number of aromatic nitrogens is 2. The van der Waals surface area contributed by atoms with Crippen molar-refractivity contribution in [3.8, 4) is 0 Å². The zero-order valence-electron chi connectivity index (χ0n) is 15.3. The van der Waals surface area contributed by atoms with Crippen LogP contribution in [0.4, 0.5) is 5.69 Å². The molecule has 4 aromatic rings. The first-order valence-electron chi connectivity index (χ1n) is 8.90. The van der Waals surface area contributed by atoms with E-state index >= 15 is 0 Å². The van der Waals surface area contributed by atoms with Gasteiger partial charge in [0.25, 0.3) is 5.91 Å². The standard InChI is InChI=1S/C21H13ClN4O2S2/c22-12-4-3-5-13(10-12)23-20-26-19(27)17(29-20)11-14-8-9-18(28-14)30-21-24-15-6-1-2-7-16(15)25-21/h1-11H,(H,24,25)(H,23,26,27)/b17-11-. The number of benzene rings is 2. The summed E-state index contributed by atoms with van der Waals surface area (Å²) in [6.45, 7) is 0. The van der Waals surface area contributed by atoms with Gasteiger partial charge in [0.2, 0.25) is 0 Å². The smallest absolute Gasteiger partial charge is 0.264 e. The van der Waals surface area contributed by atoms with Crippen molar-refractivity contribution in [2.75, 3.05) is 0 Å². The molecule has 1 aliphatic heterocycles. The Morgan fingerprint density at radius 3 is 2.90 bits per heavy atom. The summed E-state index contributed by atoms with van der Waals surface area (Å²) in [6.07, 6.45) is 1.70. The number of imidazole rings is 1. The first kappa shape index (κ1) is 19.0. The fraction of sp³-hybridized carbons (Fsp3) is 0. The van der Waals surface area contributed by atoms with E-state index < -0.39 is 0 Å². The SMILES string of the molecule is O=C1NC(=Nc2cccc(Cl)c2)S/C1=C\c1ccc(Sc2nc3ccccc3[nH]2)o1. The number of hydrogen-bond acceptors (Lipinski definition) is 6. The van der Waals surface area contributed by atoms with Crippen molar-refractivity contribution in [1.82, 2.24) is 15.3 Å². The van der Waals surface area contributed by atoms with Crippen molar-refractivity contribution in [3.05, 3.63) is 76.4 Å². The lowest BCUT2D eigenvalue weighted by Crippen LogP contribution is -2.19. The summed E-state index contributed by atoms with van der Waals surface area (Å²) in [4.78, 5) is 25.0. The number of nitrogens with one attached hydrogen (secondary N) is 2. The molecule has 0 radical (unpaired) electrons. The van der Waals surface area contributed by atoms with Gasteiger partial charge in [-0.05, 0) is 66.0 Å². The highest BCUT2D eigenvalue weighted by molar-refractivity contribution is 8.18. The van der Waals surface area contributed by atoms with Crippen LogP contribution in [0.2, 0.25) is 5.02 Å². The number of rotatable bonds is 4. The molecule has 1 aliphatic rings. The summed E-state index contributed by atoms with van der Waals surface area (Å²) in [5, 5.41) is 5.26. The van der Waals surface area contributed by atoms with Crippen LogP contribution in [0.15, 0.2) is 85.2 Å². The van der Waals surface area contributed by atoms with Gasteiger partial charge in [-0.1, -0.05) is 29.8 Å². The Labute approximate surface area is 184 Å². The number of furan rings is 1. The van der Waals surface area contributed by atoms with E-state index in [0.717, 1.165) is 16.2 Å². The summed E-state index contributed by atoms with van der Waals surface area (Å²) in [5.41, 5.74) is 2.55. The van der Waals surface area contributed by atoms with Gasteiger partial charge in [0.15, 0.2) is 15.4 Å². The van der Waals surface area contributed by atoms with Gasteiger partial charge in [-0.25, -0.2) is 9.98 Å². The molecule has 2 aromatic heterocycles. The van der Waals surface area contributed by atoms with E-state index in [1.54, 1.807) is 18.2 Å². The second-order valence-corrected chi connectivity index (χ2v) is 8.74. The number of nitrogens with zero attached hydrogens (tertiary/aromatic N) is 2. The van der Waals surface area contributed by atoms with Crippen molar-refractivity contribution in [1.29, 1.82) is 0 Å². The van der Waals surface area contributed by atoms with Gasteiger partial charge in [0.1, 0.15) is 5.76 Å². The Bertz CT molecular complexity index is 1290. The van der Waals surface area contributed by atoms with E-state index in [4.69, 9.17) is 16.0 Å². The minimum atomic E-state index is -0.219. The molecule has 30 heavy (non-hydrogen) atoms. The quantitative estimate of drug-likeness (QED) is 0.379. The predicted molar refractivity (Wildman–Crippen MR) is 121 cm³/mol. The van der Waals surface area contributed by atoms with Gasteiger partial charge >= 0.3 is 0 Å². The highest BCUT2D eigenvalue weighted by atomic mass is 35.5. The molecule has 2 aromatic carbocycles. The lowest BCUT2D eigenvalue weighted by Gasteiger charge is -1.96. The lowest BCUT2D eigenvalue weighted by molar-refractivity contribution is -0.115. The van der Waals surface area contributed by atoms with Crippen molar-refractivity contribution >= 4 is 69.0 Å². The van der Waals surface area contributed by atoms with Crippen LogP contribution in [-0.4, -0.2) is 21.0 Å². The number of halogens is 1. The number of carbonyl (C=O) groups is 1. The predicted octanol–water partition coefficient (Wildman–Crippen LogP) is 5.85. The highest BCUT2D eigenvalue weighted by Crippen LogP contribution is 2.32. The van der Waals surface area contributed by atoms with Crippen molar-refractivity contribution < 1.29 is 9.21 Å². The van der Waals surface area contributed by atoms with Crippen LogP contribution in [0.25, 0.3) is 17.1 Å². The molecule has 2 N–H and O–H groups in total. The maximum atomic E-state index is 12.3. The van der Waals surface area contributed by atoms with Crippen LogP contribution >= 0.6 is 35.1 Å². The summed E-state index contributed by atoms with van der Waals surface area (Å²) in [5.74, 6) is 0.360. The molecule has 1 saturated heterocycles. The number of aliphatic imine (C=N–C) groups is 1. The Morgan fingerprint density at radius 2 is 2.03 bits per heavy atom. The molecule has 0 atom stereocenters. The fourth-order valence-electron chi connectivity index (χ4n) is 2.81. The molecule has 5 rings (SSSR count). The van der Waals surface area contributed by atoms with E-state index in [2.05, 4.69) is 20.3 Å². The van der Waals surface area contributed by atoms with E-state index in [9.17, 15) is 4.79 Å². The molecule has 9 heteroatoms. The maximum Gasteiger partial charge on any atom is 0.264 e. The van der Waals surface area contributed by atoms with Gasteiger partial charge in [-0.2, -0.15) is 0 Å². The molecule has 6 nitrogen and oxygen atoms in total. The Morgan fingerprint density at radius 1 is 1.13 bits per heavy atom. The molecule has 0 saturated carbocycles. The molecule has 1 amide bonds. The highest BCUT2D eigenvalue weighted by Gasteiger charge is 2.24. The van der Waals surface area contributed by atoms with Crippen LogP contribution in [0.5, 0.6) is 0 Å². The molecule has 0 unspecified atom stereocenters. The van der Waals surface area contributed by atoms with Crippen LogP contribution in [0.1, 0.15) is 5.76 Å².